The minimum atomic E-state index is 0.888. The average Bonchev–Trinajstić information content (AvgIpc) is 3.64. The molecule has 10 aromatic carbocycles. The smallest absolute Gasteiger partial charge is 0.00262 e. The molecular weight excluding hydrogens is 781 g/mol. The van der Waals surface area contributed by atoms with E-state index in [1.165, 1.54) is 121 Å². The Hall–Kier alpha value is -8.06. The van der Waals surface area contributed by atoms with Crippen LogP contribution in [-0.4, -0.2) is 0 Å². The fourth-order valence-electron chi connectivity index (χ4n) is 10.5. The standard InChI is InChI=1S/C65H46/c1-6-18-48(19-7-1)62-54-26-14-5-15-27-56(54)64(50-22-10-3-11-23-50)60-42-52(38-40-58(60)62)46-34-30-44(31-35-46)45-32-36-47(37-33-45)53-39-41-59-61(43-53)65(51-24-12-4-13-25-51)57-29-17-16-28-55(57)63(59)49-20-8-2-9-21-49/h1-8,10-20,22-25,27-43H,9,21,26H2. The van der Waals surface area contributed by atoms with Crippen LogP contribution in [-0.2, 0) is 6.42 Å². The number of benzene rings is 10. The zero-order valence-electron chi connectivity index (χ0n) is 36.2. The lowest BCUT2D eigenvalue weighted by molar-refractivity contribution is 1.06. The zero-order chi connectivity index (χ0) is 43.1. The van der Waals surface area contributed by atoms with Crippen molar-refractivity contribution in [2.45, 2.75) is 19.3 Å². The summed E-state index contributed by atoms with van der Waals surface area (Å²) < 4.78 is 0. The number of allylic oxidation sites excluding steroid dienone is 7. The van der Waals surface area contributed by atoms with Gasteiger partial charge in [-0.2, -0.15) is 0 Å². The Bertz CT molecular complexity index is 3550. The molecule has 0 aliphatic heterocycles. The third kappa shape index (κ3) is 6.96. The summed E-state index contributed by atoms with van der Waals surface area (Å²) in [6.45, 7) is 0. The van der Waals surface area contributed by atoms with Gasteiger partial charge in [-0.15, -0.1) is 0 Å². The second kappa shape index (κ2) is 16.6. The second-order valence-corrected chi connectivity index (χ2v) is 17.4. The van der Waals surface area contributed by atoms with E-state index in [0.29, 0.717) is 0 Å². The van der Waals surface area contributed by atoms with E-state index in [0.717, 1.165) is 19.3 Å². The minimum absolute atomic E-state index is 0.888. The molecule has 0 nitrogen and oxygen atoms in total. The number of hydrogen-bond donors (Lipinski definition) is 0. The first-order chi connectivity index (χ1) is 32.3. The van der Waals surface area contributed by atoms with E-state index in [-0.39, 0.29) is 0 Å². The normalized spacial score (nSPS) is 13.3. The van der Waals surface area contributed by atoms with E-state index in [4.69, 9.17) is 0 Å². The molecule has 0 unspecified atom stereocenters. The summed E-state index contributed by atoms with van der Waals surface area (Å²) >= 11 is 0. The van der Waals surface area contributed by atoms with Gasteiger partial charge in [0.1, 0.15) is 0 Å². The van der Waals surface area contributed by atoms with Crippen molar-refractivity contribution in [2.75, 3.05) is 0 Å². The van der Waals surface area contributed by atoms with Crippen molar-refractivity contribution in [3.63, 3.8) is 0 Å². The number of hydrogen-bond acceptors (Lipinski definition) is 0. The Kier molecular flexibility index (Phi) is 9.84. The average molecular weight is 827 g/mol. The highest BCUT2D eigenvalue weighted by Gasteiger charge is 2.22. The Morgan fingerprint density at radius 2 is 0.738 bits per heavy atom. The van der Waals surface area contributed by atoms with E-state index in [1.54, 1.807) is 0 Å². The maximum atomic E-state index is 2.43. The topological polar surface area (TPSA) is 0 Å². The van der Waals surface area contributed by atoms with Gasteiger partial charge in [-0.1, -0.05) is 231 Å². The van der Waals surface area contributed by atoms with Crippen LogP contribution >= 0.6 is 0 Å². The Morgan fingerprint density at radius 1 is 0.292 bits per heavy atom. The first-order valence-electron chi connectivity index (χ1n) is 22.9. The largest absolute Gasteiger partial charge is 0.0842 e. The van der Waals surface area contributed by atoms with Gasteiger partial charge in [0, 0.05) is 0 Å². The molecule has 0 saturated heterocycles. The monoisotopic (exact) mass is 826 g/mol. The van der Waals surface area contributed by atoms with Crippen LogP contribution in [0.4, 0.5) is 0 Å². The maximum absolute atomic E-state index is 2.43. The molecule has 0 saturated carbocycles. The summed E-state index contributed by atoms with van der Waals surface area (Å²) in [7, 11) is 0. The van der Waals surface area contributed by atoms with E-state index in [9.17, 15) is 0 Å². The van der Waals surface area contributed by atoms with Crippen molar-refractivity contribution < 1.29 is 0 Å². The predicted octanol–water partition coefficient (Wildman–Crippen LogP) is 18.0. The fourth-order valence-corrected chi connectivity index (χ4v) is 10.5. The second-order valence-electron chi connectivity index (χ2n) is 17.4. The first kappa shape index (κ1) is 38.6. The van der Waals surface area contributed by atoms with Crippen LogP contribution in [0, 0.1) is 0 Å². The summed E-state index contributed by atoms with van der Waals surface area (Å²) in [6.07, 6.45) is 18.8. The van der Waals surface area contributed by atoms with Gasteiger partial charge in [-0.3, -0.25) is 0 Å². The molecule has 0 atom stereocenters. The van der Waals surface area contributed by atoms with Crippen LogP contribution < -0.4 is 0 Å². The van der Waals surface area contributed by atoms with Crippen LogP contribution in [0.15, 0.2) is 237 Å². The maximum Gasteiger partial charge on any atom is -0.00262 e. The molecule has 0 fully saturated rings. The molecule has 0 aromatic heterocycles. The van der Waals surface area contributed by atoms with Crippen LogP contribution in [0.3, 0.4) is 0 Å². The molecule has 0 radical (unpaired) electrons. The van der Waals surface area contributed by atoms with Gasteiger partial charge in [-0.25, -0.2) is 0 Å². The zero-order valence-corrected chi connectivity index (χ0v) is 36.2. The van der Waals surface area contributed by atoms with Crippen molar-refractivity contribution in [3.05, 3.63) is 253 Å². The van der Waals surface area contributed by atoms with Gasteiger partial charge in [0.15, 0.2) is 0 Å². The highest BCUT2D eigenvalue weighted by molar-refractivity contribution is 6.19. The molecule has 0 heterocycles. The van der Waals surface area contributed by atoms with Crippen LogP contribution in [0.25, 0.3) is 111 Å². The molecule has 0 amide bonds. The van der Waals surface area contributed by atoms with Gasteiger partial charge in [0.05, 0.1) is 0 Å². The summed E-state index contributed by atoms with van der Waals surface area (Å²) in [5.41, 5.74) is 20.4. The van der Waals surface area contributed by atoms with Crippen LogP contribution in [0.5, 0.6) is 0 Å². The summed E-state index contributed by atoms with van der Waals surface area (Å²) in [6, 6.07) is 74.2. The summed E-state index contributed by atoms with van der Waals surface area (Å²) in [5.74, 6) is 0. The van der Waals surface area contributed by atoms with Gasteiger partial charge >= 0.3 is 0 Å². The van der Waals surface area contributed by atoms with Gasteiger partial charge in [-0.05, 0) is 153 Å². The molecule has 10 aromatic rings. The summed E-state index contributed by atoms with van der Waals surface area (Å²) in [5, 5.41) is 7.79. The van der Waals surface area contributed by atoms with Crippen molar-refractivity contribution in [3.8, 4) is 66.8 Å². The van der Waals surface area contributed by atoms with E-state index < -0.39 is 0 Å². The first-order valence-corrected chi connectivity index (χ1v) is 22.9. The number of rotatable bonds is 7. The molecule has 2 aliphatic rings. The lowest BCUT2D eigenvalue weighted by Crippen LogP contribution is -1.99. The highest BCUT2D eigenvalue weighted by atomic mass is 14.3. The third-order valence-electron chi connectivity index (χ3n) is 13.6. The van der Waals surface area contributed by atoms with Crippen molar-refractivity contribution >= 4 is 44.0 Å². The van der Waals surface area contributed by atoms with E-state index in [1.807, 2.05) is 0 Å². The van der Waals surface area contributed by atoms with Crippen molar-refractivity contribution in [2.24, 2.45) is 0 Å². The highest BCUT2D eigenvalue weighted by Crippen LogP contribution is 2.47. The minimum Gasteiger partial charge on any atom is -0.0842 e. The molecule has 0 bridgehead atoms. The van der Waals surface area contributed by atoms with Crippen LogP contribution in [0.2, 0.25) is 0 Å². The Morgan fingerprint density at radius 3 is 1.29 bits per heavy atom. The third-order valence-corrected chi connectivity index (χ3v) is 13.6. The van der Waals surface area contributed by atoms with Crippen molar-refractivity contribution in [1.29, 1.82) is 0 Å². The molecule has 306 valence electrons. The van der Waals surface area contributed by atoms with Crippen LogP contribution in [0.1, 0.15) is 29.5 Å². The Labute approximate surface area is 381 Å². The molecule has 0 heteroatoms. The van der Waals surface area contributed by atoms with Gasteiger partial charge < -0.3 is 0 Å². The number of fused-ring (bicyclic) bond motifs is 4. The molecule has 0 N–H and O–H groups in total. The van der Waals surface area contributed by atoms with Gasteiger partial charge in [0.2, 0.25) is 0 Å². The Balaban J connectivity index is 0.921. The molecule has 12 rings (SSSR count). The molecule has 65 heavy (non-hydrogen) atoms. The predicted molar refractivity (Wildman–Crippen MR) is 280 cm³/mol. The van der Waals surface area contributed by atoms with Gasteiger partial charge in [0.25, 0.3) is 0 Å². The lowest BCUT2D eigenvalue weighted by atomic mass is 9.82. The van der Waals surface area contributed by atoms with Crippen molar-refractivity contribution in [1.82, 2.24) is 0 Å². The summed E-state index contributed by atoms with van der Waals surface area (Å²) in [4.78, 5) is 0. The fraction of sp³-hybridized carbons (Fsp3) is 0.0462. The lowest BCUT2D eigenvalue weighted by Gasteiger charge is -2.22. The van der Waals surface area contributed by atoms with E-state index >= 15 is 0 Å². The molecule has 0 spiro atoms. The molecular formula is C65H46. The van der Waals surface area contributed by atoms with E-state index in [2.05, 4.69) is 243 Å². The molecule has 2 aliphatic carbocycles. The quantitative estimate of drug-likeness (QED) is 0.140. The SMILES string of the molecule is C1=CCCC(c2c3ccccc3c(-c3ccccc3)c3cc(-c4ccc(-c5ccc(-c6ccc7c(-c8ccccc8)c8c(c(-c9ccccc9)c7c6)C=CC=CC8)cc5)cc4)ccc23)=C1.